The first kappa shape index (κ1) is 35.8. The first-order valence-corrected chi connectivity index (χ1v) is 21.3. The fourth-order valence-corrected chi connectivity index (χ4v) is 9.63. The van der Waals surface area contributed by atoms with E-state index in [9.17, 15) is 0 Å². The second-order valence-corrected chi connectivity index (χ2v) is 16.1. The molecule has 4 nitrogen and oxygen atoms in total. The standard InChI is InChI=1S/C58H40N4/c1-4-16-40(17-5-1)51-38-52(60-58(59-51)42-18-6-2-7-19-42)41-32-30-39(31-33-41)47-26-15-29-55-57(47)50-25-11-13-28-54(50)62(55)46-23-14-20-43(36-46)44-34-35-49-48-24-10-12-27-53(48)61(56(49)37-44)45-21-8-3-9-22-45/h1-24,26-38,50H,25H2. The van der Waals surface area contributed by atoms with Gasteiger partial charge in [0.25, 0.3) is 0 Å². The summed E-state index contributed by atoms with van der Waals surface area (Å²) in [4.78, 5) is 12.6. The predicted molar refractivity (Wildman–Crippen MR) is 257 cm³/mol. The van der Waals surface area contributed by atoms with Crippen LogP contribution in [0.3, 0.4) is 0 Å². The van der Waals surface area contributed by atoms with Gasteiger partial charge in [0.15, 0.2) is 5.82 Å². The third kappa shape index (κ3) is 6.07. The van der Waals surface area contributed by atoms with E-state index in [0.29, 0.717) is 0 Å². The minimum absolute atomic E-state index is 0.246. The Morgan fingerprint density at radius 2 is 1.03 bits per heavy atom. The number of hydrogen-bond acceptors (Lipinski definition) is 3. The van der Waals surface area contributed by atoms with Crippen molar-refractivity contribution in [1.29, 1.82) is 0 Å². The van der Waals surface area contributed by atoms with Gasteiger partial charge in [-0.25, -0.2) is 9.97 Å². The van der Waals surface area contributed by atoms with Crippen molar-refractivity contribution in [1.82, 2.24) is 14.5 Å². The topological polar surface area (TPSA) is 34.0 Å². The molecule has 1 unspecified atom stereocenters. The van der Waals surface area contributed by atoms with Crippen molar-refractivity contribution in [3.05, 3.63) is 236 Å². The highest BCUT2D eigenvalue weighted by Crippen LogP contribution is 2.54. The smallest absolute Gasteiger partial charge is 0.160 e. The third-order valence-electron chi connectivity index (χ3n) is 12.5. The summed E-state index contributed by atoms with van der Waals surface area (Å²) in [5.41, 5.74) is 18.4. The lowest BCUT2D eigenvalue weighted by molar-refractivity contribution is 0.821. The molecule has 1 aliphatic carbocycles. The van der Waals surface area contributed by atoms with E-state index in [2.05, 4.69) is 210 Å². The molecule has 292 valence electrons. The SMILES string of the molecule is C1=CCC2C(=C1)N(c1cccc(-c3ccc4c5ccccc5n(-c5ccccc5)c4c3)c1)c1cccc(-c3ccc(-c4cc(-c5ccccc5)nc(-c5ccccc5)n4)cc3)c12. The highest BCUT2D eigenvalue weighted by Gasteiger charge is 2.37. The molecule has 1 aliphatic heterocycles. The summed E-state index contributed by atoms with van der Waals surface area (Å²) in [7, 11) is 0. The van der Waals surface area contributed by atoms with E-state index in [1.165, 1.54) is 61.0 Å². The van der Waals surface area contributed by atoms with E-state index in [-0.39, 0.29) is 5.92 Å². The van der Waals surface area contributed by atoms with E-state index in [1.54, 1.807) is 0 Å². The van der Waals surface area contributed by atoms with Crippen molar-refractivity contribution in [3.8, 4) is 61.8 Å². The molecule has 3 heterocycles. The molecule has 0 radical (unpaired) electrons. The second-order valence-electron chi connectivity index (χ2n) is 16.1. The van der Waals surface area contributed by atoms with Gasteiger partial charge in [0, 0.05) is 50.5 Å². The van der Waals surface area contributed by atoms with Gasteiger partial charge >= 0.3 is 0 Å². The Bertz CT molecular complexity index is 3310. The summed E-state index contributed by atoms with van der Waals surface area (Å²) in [6, 6.07) is 73.8. The van der Waals surface area contributed by atoms with Gasteiger partial charge in [0.1, 0.15) is 0 Å². The molecule has 1 atom stereocenters. The quantitative estimate of drug-likeness (QED) is 0.161. The maximum atomic E-state index is 5.09. The van der Waals surface area contributed by atoms with E-state index < -0.39 is 0 Å². The molecule has 10 aromatic rings. The molecule has 0 amide bonds. The number of fused-ring (bicyclic) bond motifs is 6. The number of rotatable bonds is 7. The van der Waals surface area contributed by atoms with Crippen LogP contribution >= 0.6 is 0 Å². The van der Waals surface area contributed by atoms with Crippen LogP contribution in [0.5, 0.6) is 0 Å². The van der Waals surface area contributed by atoms with E-state index in [1.807, 2.05) is 24.3 Å². The first-order chi connectivity index (χ1) is 30.7. The number of hydrogen-bond donors (Lipinski definition) is 0. The molecule has 0 saturated heterocycles. The van der Waals surface area contributed by atoms with Gasteiger partial charge in [-0.3, -0.25) is 0 Å². The molecule has 0 fully saturated rings. The lowest BCUT2D eigenvalue weighted by atomic mass is 9.86. The third-order valence-corrected chi connectivity index (χ3v) is 12.5. The summed E-state index contributed by atoms with van der Waals surface area (Å²) >= 11 is 0. The van der Waals surface area contributed by atoms with Crippen molar-refractivity contribution in [2.45, 2.75) is 12.3 Å². The van der Waals surface area contributed by atoms with Crippen molar-refractivity contribution in [3.63, 3.8) is 0 Å². The van der Waals surface area contributed by atoms with Crippen LogP contribution in [0, 0.1) is 0 Å². The van der Waals surface area contributed by atoms with Gasteiger partial charge in [0.2, 0.25) is 0 Å². The van der Waals surface area contributed by atoms with Gasteiger partial charge in [-0.1, -0.05) is 170 Å². The monoisotopic (exact) mass is 792 g/mol. The Labute approximate surface area is 361 Å². The molecular formula is C58H40N4. The molecule has 4 heteroatoms. The molecule has 2 aromatic heterocycles. The number of aromatic nitrogens is 3. The number of benzene rings is 8. The molecule has 12 rings (SSSR count). The first-order valence-electron chi connectivity index (χ1n) is 21.3. The lowest BCUT2D eigenvalue weighted by Crippen LogP contribution is -2.14. The zero-order chi connectivity index (χ0) is 41.0. The molecule has 0 N–H and O–H groups in total. The highest BCUT2D eigenvalue weighted by atomic mass is 15.2. The van der Waals surface area contributed by atoms with Gasteiger partial charge < -0.3 is 9.47 Å². The normalized spacial score (nSPS) is 14.2. The Hall–Kier alpha value is -8.08. The highest BCUT2D eigenvalue weighted by molar-refractivity contribution is 6.10. The lowest BCUT2D eigenvalue weighted by Gasteiger charge is -2.25. The summed E-state index contributed by atoms with van der Waals surface area (Å²) in [5.74, 6) is 0.966. The number of para-hydroxylation sites is 2. The summed E-state index contributed by atoms with van der Waals surface area (Å²) in [6.45, 7) is 0. The predicted octanol–water partition coefficient (Wildman–Crippen LogP) is 15.0. The van der Waals surface area contributed by atoms with Crippen molar-refractivity contribution >= 4 is 33.2 Å². The minimum atomic E-state index is 0.246. The number of nitrogens with zero attached hydrogens (tertiary/aromatic N) is 4. The van der Waals surface area contributed by atoms with Gasteiger partial charge in [-0.15, -0.1) is 0 Å². The maximum Gasteiger partial charge on any atom is 0.160 e. The summed E-state index contributed by atoms with van der Waals surface area (Å²) < 4.78 is 2.39. The van der Waals surface area contributed by atoms with Crippen LogP contribution in [0.4, 0.5) is 11.4 Å². The van der Waals surface area contributed by atoms with E-state index in [0.717, 1.165) is 51.7 Å². The fraction of sp³-hybridized carbons (Fsp3) is 0.0345. The Balaban J connectivity index is 0.924. The average Bonchev–Trinajstić information content (AvgIpc) is 3.87. The molecule has 0 saturated carbocycles. The average molecular weight is 793 g/mol. The van der Waals surface area contributed by atoms with Crippen LogP contribution in [-0.4, -0.2) is 14.5 Å². The van der Waals surface area contributed by atoms with Crippen LogP contribution in [0.25, 0.3) is 83.6 Å². The van der Waals surface area contributed by atoms with Crippen LogP contribution < -0.4 is 4.90 Å². The Morgan fingerprint density at radius 1 is 0.435 bits per heavy atom. The van der Waals surface area contributed by atoms with E-state index in [4.69, 9.17) is 9.97 Å². The van der Waals surface area contributed by atoms with Crippen molar-refractivity contribution in [2.75, 3.05) is 4.90 Å². The molecule has 2 aliphatic rings. The zero-order valence-electron chi connectivity index (χ0n) is 33.9. The minimum Gasteiger partial charge on any atom is -0.313 e. The maximum absolute atomic E-state index is 5.09. The van der Waals surface area contributed by atoms with Gasteiger partial charge in [0.05, 0.1) is 28.1 Å². The van der Waals surface area contributed by atoms with Crippen LogP contribution in [0.1, 0.15) is 17.9 Å². The largest absolute Gasteiger partial charge is 0.313 e. The molecule has 62 heavy (non-hydrogen) atoms. The molecule has 0 spiro atoms. The molecule has 8 aromatic carbocycles. The fourth-order valence-electron chi connectivity index (χ4n) is 9.63. The number of anilines is 2. The van der Waals surface area contributed by atoms with Gasteiger partial charge in [-0.05, 0) is 88.8 Å². The Morgan fingerprint density at radius 3 is 1.82 bits per heavy atom. The molecule has 0 bridgehead atoms. The van der Waals surface area contributed by atoms with Crippen LogP contribution in [0.15, 0.2) is 230 Å². The summed E-state index contributed by atoms with van der Waals surface area (Å²) in [6.07, 6.45) is 7.79. The van der Waals surface area contributed by atoms with Crippen LogP contribution in [-0.2, 0) is 0 Å². The second kappa shape index (κ2) is 14.9. The summed E-state index contributed by atoms with van der Waals surface area (Å²) in [5, 5.41) is 2.52. The molecular weight excluding hydrogens is 753 g/mol. The Kier molecular flexibility index (Phi) is 8.60. The van der Waals surface area contributed by atoms with Crippen molar-refractivity contribution < 1.29 is 0 Å². The number of allylic oxidation sites excluding steroid dienone is 4. The van der Waals surface area contributed by atoms with E-state index >= 15 is 0 Å². The zero-order valence-corrected chi connectivity index (χ0v) is 33.9. The van der Waals surface area contributed by atoms with Crippen molar-refractivity contribution in [2.24, 2.45) is 0 Å². The van der Waals surface area contributed by atoms with Crippen LogP contribution in [0.2, 0.25) is 0 Å². The van der Waals surface area contributed by atoms with Gasteiger partial charge in [-0.2, -0.15) is 0 Å².